The number of fused-ring (bicyclic) bond motifs is 9. The Hall–Kier alpha value is -7.70. The highest BCUT2D eigenvalue weighted by Crippen LogP contribution is 2.41. The zero-order chi connectivity index (χ0) is 41.6. The molecule has 0 bridgehead atoms. The molecular weight excluding hydrogens is 705 g/mol. The summed E-state index contributed by atoms with van der Waals surface area (Å²) in [6, 6.07) is 61.7. The topological polar surface area (TPSA) is 38.9 Å². The molecule has 0 N–H and O–H groups in total. The van der Waals surface area contributed by atoms with Gasteiger partial charge in [0, 0.05) is 50.1 Å². The molecule has 0 amide bonds. The Morgan fingerprint density at radius 1 is 0.448 bits per heavy atom. The second-order valence-electron chi connectivity index (χ2n) is 14.7. The van der Waals surface area contributed by atoms with Crippen LogP contribution >= 0.6 is 0 Å². The Kier molecular flexibility index (Phi) is 6.40. The van der Waals surface area contributed by atoms with E-state index >= 15 is 0 Å². The maximum atomic E-state index is 9.25. The monoisotopic (exact) mass is 743 g/mol. The summed E-state index contributed by atoms with van der Waals surface area (Å²) in [5.74, 6) is 1.57. The SMILES string of the molecule is [2H]c1c([2H])c([2H])c2c(c1[2H])c1ccccc1n2-c1cc(-n2c3ccccc3c3ccccc32)nc(-c2cccc(N3B(c4ccccc4)c4ccccc4-c4ccccc43)c2)n1. The van der Waals surface area contributed by atoms with Gasteiger partial charge in [-0.3, -0.25) is 9.13 Å². The standard InChI is InChI=1S/C52H34BN5/c1-2-18-36(19-3-1)53-44-27-10-4-21-38(44)39-22-9-15-32-49(39)58(53)37-20-16-17-35(33-37)52-54-50(56-45-28-11-5-23-40(45)41-24-6-12-29-46(41)56)34-51(55-52)57-47-30-13-7-25-42(47)43-26-8-14-31-48(43)57/h1-34H/i5D,11D,23D,28D. The van der Waals surface area contributed by atoms with Crippen LogP contribution in [0.25, 0.3) is 77.8 Å². The number of hydrogen-bond acceptors (Lipinski definition) is 3. The summed E-state index contributed by atoms with van der Waals surface area (Å²) in [5.41, 5.74) is 10.6. The molecule has 0 saturated heterocycles. The third-order valence-electron chi connectivity index (χ3n) is 11.5. The first kappa shape index (κ1) is 28.7. The summed E-state index contributed by atoms with van der Waals surface area (Å²) >= 11 is 0. The lowest BCUT2D eigenvalue weighted by Crippen LogP contribution is -2.57. The van der Waals surface area contributed by atoms with E-state index in [1.54, 1.807) is 0 Å². The van der Waals surface area contributed by atoms with Crippen LogP contribution in [0.5, 0.6) is 0 Å². The van der Waals surface area contributed by atoms with Gasteiger partial charge >= 0.3 is 6.85 Å². The van der Waals surface area contributed by atoms with Crippen molar-refractivity contribution in [3.63, 3.8) is 0 Å². The third kappa shape index (κ3) is 4.91. The number of nitrogens with zero attached hydrogens (tertiary/aromatic N) is 5. The lowest BCUT2D eigenvalue weighted by Gasteiger charge is -2.39. The zero-order valence-corrected chi connectivity index (χ0v) is 31.1. The highest BCUT2D eigenvalue weighted by atomic mass is 15.1. The molecule has 3 aromatic heterocycles. The number of para-hydroxylation sites is 5. The predicted octanol–water partition coefficient (Wildman–Crippen LogP) is 11.3. The maximum Gasteiger partial charge on any atom is 0.328 e. The Bertz CT molecular complexity index is 3570. The summed E-state index contributed by atoms with van der Waals surface area (Å²) in [6.45, 7) is -0.119. The highest BCUT2D eigenvalue weighted by Gasteiger charge is 2.37. The molecule has 0 unspecified atom stereocenters. The first-order valence-electron chi connectivity index (χ1n) is 21.5. The number of rotatable bonds is 5. The first-order valence-corrected chi connectivity index (χ1v) is 19.5. The molecular formula is C52H34BN5. The molecule has 11 aromatic rings. The van der Waals surface area contributed by atoms with Crippen molar-refractivity contribution in [3.05, 3.63) is 206 Å². The predicted molar refractivity (Wildman–Crippen MR) is 242 cm³/mol. The van der Waals surface area contributed by atoms with E-state index in [-0.39, 0.29) is 31.0 Å². The van der Waals surface area contributed by atoms with E-state index in [9.17, 15) is 1.37 Å². The normalized spacial score (nSPS) is 13.4. The van der Waals surface area contributed by atoms with Crippen LogP contribution in [0, 0.1) is 0 Å². The number of benzene rings is 8. The van der Waals surface area contributed by atoms with Crippen molar-refractivity contribution in [2.45, 2.75) is 0 Å². The van der Waals surface area contributed by atoms with Crippen molar-refractivity contribution in [1.29, 1.82) is 0 Å². The zero-order valence-electron chi connectivity index (χ0n) is 35.1. The average molecular weight is 744 g/mol. The summed E-state index contributed by atoms with van der Waals surface area (Å²) in [5, 5.41) is 3.34. The van der Waals surface area contributed by atoms with Gasteiger partial charge in [-0.1, -0.05) is 163 Å². The van der Waals surface area contributed by atoms with Gasteiger partial charge in [-0.15, -0.1) is 0 Å². The minimum absolute atomic E-state index is 0.0862. The minimum Gasteiger partial charge on any atom is -0.376 e. The summed E-state index contributed by atoms with van der Waals surface area (Å²) in [6.07, 6.45) is 0. The molecule has 1 aliphatic rings. The Labute approximate surface area is 341 Å². The van der Waals surface area contributed by atoms with Gasteiger partial charge in [-0.25, -0.2) is 9.97 Å². The lowest BCUT2D eigenvalue weighted by atomic mass is 9.46. The smallest absolute Gasteiger partial charge is 0.328 e. The molecule has 4 heterocycles. The fourth-order valence-corrected chi connectivity index (χ4v) is 9.07. The second kappa shape index (κ2) is 12.9. The van der Waals surface area contributed by atoms with E-state index < -0.39 is 0 Å². The van der Waals surface area contributed by atoms with Gasteiger partial charge < -0.3 is 4.81 Å². The molecule has 0 atom stereocenters. The molecule has 270 valence electrons. The van der Waals surface area contributed by atoms with Crippen LogP contribution in [0.1, 0.15) is 5.48 Å². The molecule has 8 aromatic carbocycles. The van der Waals surface area contributed by atoms with Crippen LogP contribution < -0.4 is 15.7 Å². The van der Waals surface area contributed by atoms with Crippen LogP contribution in [0.2, 0.25) is 0 Å². The molecule has 58 heavy (non-hydrogen) atoms. The van der Waals surface area contributed by atoms with Gasteiger partial charge in [-0.05, 0) is 53.5 Å². The average Bonchev–Trinajstić information content (AvgIpc) is 3.86. The minimum atomic E-state index is -0.299. The van der Waals surface area contributed by atoms with Gasteiger partial charge in [0.05, 0.1) is 27.5 Å². The molecule has 0 radical (unpaired) electrons. The number of hydrogen-bond donors (Lipinski definition) is 0. The molecule has 0 saturated carbocycles. The van der Waals surface area contributed by atoms with Gasteiger partial charge in [0.15, 0.2) is 5.82 Å². The molecule has 1 aliphatic heterocycles. The Morgan fingerprint density at radius 2 is 1.02 bits per heavy atom. The molecule has 0 fully saturated rings. The number of anilines is 2. The number of aromatic nitrogens is 4. The fraction of sp³-hybridized carbons (Fsp3) is 0. The fourth-order valence-electron chi connectivity index (χ4n) is 9.07. The molecule has 12 rings (SSSR count). The largest absolute Gasteiger partial charge is 0.376 e. The van der Waals surface area contributed by atoms with Gasteiger partial charge in [0.1, 0.15) is 11.6 Å². The van der Waals surface area contributed by atoms with Crippen LogP contribution in [-0.2, 0) is 0 Å². The van der Waals surface area contributed by atoms with Gasteiger partial charge in [-0.2, -0.15) is 0 Å². The lowest BCUT2D eigenvalue weighted by molar-refractivity contribution is 0.994. The third-order valence-corrected chi connectivity index (χ3v) is 11.5. The van der Waals surface area contributed by atoms with E-state index in [1.807, 2.05) is 65.2 Å². The quantitative estimate of drug-likeness (QED) is 0.165. The van der Waals surface area contributed by atoms with E-state index in [1.165, 1.54) is 16.5 Å². The van der Waals surface area contributed by atoms with Crippen molar-refractivity contribution < 1.29 is 5.48 Å². The van der Waals surface area contributed by atoms with Crippen molar-refractivity contribution in [2.75, 3.05) is 4.81 Å². The molecule has 6 heteroatoms. The van der Waals surface area contributed by atoms with Crippen LogP contribution in [0.15, 0.2) is 206 Å². The van der Waals surface area contributed by atoms with Crippen molar-refractivity contribution in [2.24, 2.45) is 0 Å². The van der Waals surface area contributed by atoms with E-state index in [0.29, 0.717) is 33.7 Å². The summed E-state index contributed by atoms with van der Waals surface area (Å²) in [4.78, 5) is 13.2. The van der Waals surface area contributed by atoms with Crippen molar-refractivity contribution in [1.82, 2.24) is 19.1 Å². The van der Waals surface area contributed by atoms with E-state index in [0.717, 1.165) is 49.8 Å². The maximum absolute atomic E-state index is 9.25. The van der Waals surface area contributed by atoms with Crippen LogP contribution in [0.3, 0.4) is 0 Å². The van der Waals surface area contributed by atoms with Crippen LogP contribution in [-0.4, -0.2) is 25.9 Å². The van der Waals surface area contributed by atoms with Gasteiger partial charge in [0.2, 0.25) is 0 Å². The molecule has 5 nitrogen and oxygen atoms in total. The Morgan fingerprint density at radius 3 is 1.74 bits per heavy atom. The molecule has 0 spiro atoms. The summed E-state index contributed by atoms with van der Waals surface area (Å²) < 4.78 is 39.7. The van der Waals surface area contributed by atoms with Crippen LogP contribution in [0.4, 0.5) is 11.4 Å². The van der Waals surface area contributed by atoms with E-state index in [2.05, 4.69) is 131 Å². The summed E-state index contributed by atoms with van der Waals surface area (Å²) in [7, 11) is 0. The Balaban J connectivity index is 1.14. The van der Waals surface area contributed by atoms with Gasteiger partial charge in [0.25, 0.3) is 0 Å². The highest BCUT2D eigenvalue weighted by molar-refractivity contribution is 6.90. The second-order valence-corrected chi connectivity index (χ2v) is 14.7. The van der Waals surface area contributed by atoms with Crippen molar-refractivity contribution >= 4 is 72.8 Å². The first-order chi connectivity index (χ1) is 30.5. The van der Waals surface area contributed by atoms with E-state index in [4.69, 9.17) is 14.1 Å². The molecule has 0 aliphatic carbocycles. The van der Waals surface area contributed by atoms with Crippen molar-refractivity contribution in [3.8, 4) is 34.2 Å².